The van der Waals surface area contributed by atoms with Crippen molar-refractivity contribution in [2.24, 2.45) is 0 Å². The van der Waals surface area contributed by atoms with Crippen molar-refractivity contribution in [3.8, 4) is 5.75 Å². The van der Waals surface area contributed by atoms with Gasteiger partial charge in [0.1, 0.15) is 11.6 Å². The van der Waals surface area contributed by atoms with Crippen LogP contribution in [-0.4, -0.2) is 27.9 Å². The summed E-state index contributed by atoms with van der Waals surface area (Å²) in [5, 5.41) is 2.82. The first-order valence-electron chi connectivity index (χ1n) is 5.09. The second-order valence-electron chi connectivity index (χ2n) is 3.49. The third kappa shape index (κ3) is 2.96. The minimum Gasteiger partial charge on any atom is -0.496 e. The zero-order valence-corrected chi connectivity index (χ0v) is 10.6. The fourth-order valence-electron chi connectivity index (χ4n) is 1.36. The predicted octanol–water partition coefficient (Wildman–Crippen LogP) is 1.34. The van der Waals surface area contributed by atoms with Gasteiger partial charge in [-0.1, -0.05) is 6.92 Å². The SMILES string of the molecule is CCNCS(=O)(=O)c1ccc(OC)c(C)c1. The molecule has 0 amide bonds. The first-order chi connectivity index (χ1) is 7.51. The highest BCUT2D eigenvalue weighted by Crippen LogP contribution is 2.21. The quantitative estimate of drug-likeness (QED) is 0.848. The zero-order chi connectivity index (χ0) is 12.2. The minimum absolute atomic E-state index is 0.0325. The standard InChI is InChI=1S/C11H17NO3S/c1-4-12-8-16(13,14)10-5-6-11(15-3)9(2)7-10/h5-7,12H,4,8H2,1-3H3. The highest BCUT2D eigenvalue weighted by atomic mass is 32.2. The van der Waals surface area contributed by atoms with Crippen molar-refractivity contribution >= 4 is 9.84 Å². The number of aryl methyl sites for hydroxylation is 1. The lowest BCUT2D eigenvalue weighted by molar-refractivity contribution is 0.411. The number of rotatable bonds is 5. The van der Waals surface area contributed by atoms with Gasteiger partial charge in [0.25, 0.3) is 0 Å². The Labute approximate surface area is 96.5 Å². The molecule has 0 aromatic heterocycles. The van der Waals surface area contributed by atoms with E-state index >= 15 is 0 Å². The molecule has 4 nitrogen and oxygen atoms in total. The number of sulfone groups is 1. The number of ether oxygens (including phenoxy) is 1. The fraction of sp³-hybridized carbons (Fsp3) is 0.455. The number of hydrogen-bond acceptors (Lipinski definition) is 4. The van der Waals surface area contributed by atoms with Crippen LogP contribution in [0.2, 0.25) is 0 Å². The van der Waals surface area contributed by atoms with Gasteiger partial charge in [-0.15, -0.1) is 0 Å². The lowest BCUT2D eigenvalue weighted by Gasteiger charge is -2.08. The van der Waals surface area contributed by atoms with Crippen molar-refractivity contribution in [1.29, 1.82) is 0 Å². The van der Waals surface area contributed by atoms with Gasteiger partial charge in [-0.25, -0.2) is 8.42 Å². The topological polar surface area (TPSA) is 55.4 Å². The molecule has 90 valence electrons. The molecule has 16 heavy (non-hydrogen) atoms. The lowest BCUT2D eigenvalue weighted by atomic mass is 10.2. The molecule has 0 fully saturated rings. The summed E-state index contributed by atoms with van der Waals surface area (Å²) in [5.74, 6) is 0.664. The molecule has 0 spiro atoms. The summed E-state index contributed by atoms with van der Waals surface area (Å²) in [7, 11) is -1.67. The van der Waals surface area contributed by atoms with Gasteiger partial charge in [0.2, 0.25) is 0 Å². The van der Waals surface area contributed by atoms with Crippen molar-refractivity contribution in [3.63, 3.8) is 0 Å². The first-order valence-corrected chi connectivity index (χ1v) is 6.74. The van der Waals surface area contributed by atoms with Gasteiger partial charge < -0.3 is 10.1 Å². The van der Waals surface area contributed by atoms with Crippen LogP contribution in [-0.2, 0) is 9.84 Å². The molecule has 0 saturated carbocycles. The fourth-order valence-corrected chi connectivity index (χ4v) is 2.64. The maximum atomic E-state index is 11.8. The van der Waals surface area contributed by atoms with E-state index in [1.54, 1.807) is 25.3 Å². The molecule has 0 aliphatic carbocycles. The molecule has 0 bridgehead atoms. The molecular formula is C11H17NO3S. The maximum Gasteiger partial charge on any atom is 0.191 e. The van der Waals surface area contributed by atoms with Gasteiger partial charge in [0, 0.05) is 0 Å². The van der Waals surface area contributed by atoms with Gasteiger partial charge in [0.05, 0.1) is 12.0 Å². The highest BCUT2D eigenvalue weighted by Gasteiger charge is 2.14. The van der Waals surface area contributed by atoms with Gasteiger partial charge in [-0.2, -0.15) is 0 Å². The van der Waals surface area contributed by atoms with Crippen LogP contribution >= 0.6 is 0 Å². The van der Waals surface area contributed by atoms with Crippen molar-refractivity contribution in [2.75, 3.05) is 19.5 Å². The molecule has 0 atom stereocenters. The summed E-state index contributed by atoms with van der Waals surface area (Å²) in [6.45, 7) is 4.33. The van der Waals surface area contributed by atoms with E-state index in [0.717, 1.165) is 5.56 Å². The Bertz CT molecular complexity index is 454. The Morgan fingerprint density at radius 2 is 2.06 bits per heavy atom. The summed E-state index contributed by atoms with van der Waals surface area (Å²) in [4.78, 5) is 0.326. The molecule has 1 aromatic carbocycles. The van der Waals surface area contributed by atoms with E-state index in [9.17, 15) is 8.42 Å². The Morgan fingerprint density at radius 3 is 2.56 bits per heavy atom. The molecule has 1 rings (SSSR count). The van der Waals surface area contributed by atoms with Crippen LogP contribution in [0.4, 0.5) is 0 Å². The molecule has 0 radical (unpaired) electrons. The molecule has 5 heteroatoms. The molecule has 1 aromatic rings. The Hall–Kier alpha value is -1.07. The van der Waals surface area contributed by atoms with E-state index in [1.165, 1.54) is 0 Å². The van der Waals surface area contributed by atoms with E-state index in [2.05, 4.69) is 5.32 Å². The van der Waals surface area contributed by atoms with E-state index in [1.807, 2.05) is 13.8 Å². The summed E-state index contributed by atoms with van der Waals surface area (Å²) in [5.41, 5.74) is 0.820. The number of benzene rings is 1. The average Bonchev–Trinajstić information content (AvgIpc) is 2.26. The number of methoxy groups -OCH3 is 1. The van der Waals surface area contributed by atoms with E-state index in [4.69, 9.17) is 4.74 Å². The van der Waals surface area contributed by atoms with Crippen LogP contribution in [0.5, 0.6) is 5.75 Å². The summed E-state index contributed by atoms with van der Waals surface area (Å²) < 4.78 is 28.8. The van der Waals surface area contributed by atoms with Crippen molar-refractivity contribution in [2.45, 2.75) is 18.7 Å². The number of nitrogens with one attached hydrogen (secondary N) is 1. The summed E-state index contributed by atoms with van der Waals surface area (Å²) in [6.07, 6.45) is 0. The Morgan fingerprint density at radius 1 is 1.38 bits per heavy atom. The largest absolute Gasteiger partial charge is 0.496 e. The van der Waals surface area contributed by atoms with Crippen LogP contribution in [0.1, 0.15) is 12.5 Å². The van der Waals surface area contributed by atoms with E-state index < -0.39 is 9.84 Å². The molecule has 0 unspecified atom stereocenters. The van der Waals surface area contributed by atoms with Gasteiger partial charge in [-0.05, 0) is 37.2 Å². The van der Waals surface area contributed by atoms with Crippen LogP contribution in [0.15, 0.2) is 23.1 Å². The van der Waals surface area contributed by atoms with Crippen molar-refractivity contribution in [3.05, 3.63) is 23.8 Å². The summed E-state index contributed by atoms with van der Waals surface area (Å²) in [6, 6.07) is 4.87. The maximum absolute atomic E-state index is 11.8. The number of hydrogen-bond donors (Lipinski definition) is 1. The van der Waals surface area contributed by atoms with Crippen LogP contribution < -0.4 is 10.1 Å². The van der Waals surface area contributed by atoms with E-state index in [-0.39, 0.29) is 5.88 Å². The van der Waals surface area contributed by atoms with Gasteiger partial charge in [-0.3, -0.25) is 0 Å². The van der Waals surface area contributed by atoms with E-state index in [0.29, 0.717) is 17.2 Å². The van der Waals surface area contributed by atoms with Gasteiger partial charge in [0.15, 0.2) is 9.84 Å². The molecule has 0 aliphatic heterocycles. The monoisotopic (exact) mass is 243 g/mol. The minimum atomic E-state index is -3.24. The van der Waals surface area contributed by atoms with Crippen molar-refractivity contribution in [1.82, 2.24) is 5.32 Å². The van der Waals surface area contributed by atoms with Crippen LogP contribution in [0.25, 0.3) is 0 Å². The zero-order valence-electron chi connectivity index (χ0n) is 9.78. The molecule has 0 heterocycles. The molecular weight excluding hydrogens is 226 g/mol. The summed E-state index contributed by atoms with van der Waals surface area (Å²) >= 11 is 0. The lowest BCUT2D eigenvalue weighted by Crippen LogP contribution is -2.22. The first kappa shape index (κ1) is 13.0. The molecule has 0 saturated heterocycles. The van der Waals surface area contributed by atoms with Crippen LogP contribution in [0, 0.1) is 6.92 Å². The third-order valence-electron chi connectivity index (χ3n) is 2.27. The molecule has 1 N–H and O–H groups in total. The second-order valence-corrected chi connectivity index (χ2v) is 5.48. The Balaban J connectivity index is 3.01. The normalized spacial score (nSPS) is 11.4. The van der Waals surface area contributed by atoms with Crippen LogP contribution in [0.3, 0.4) is 0 Å². The van der Waals surface area contributed by atoms with Crippen molar-refractivity contribution < 1.29 is 13.2 Å². The molecule has 0 aliphatic rings. The smallest absolute Gasteiger partial charge is 0.191 e. The second kappa shape index (κ2) is 5.32. The highest BCUT2D eigenvalue weighted by molar-refractivity contribution is 7.91. The predicted molar refractivity (Wildman–Crippen MR) is 63.5 cm³/mol. The Kier molecular flexibility index (Phi) is 4.32. The third-order valence-corrected chi connectivity index (χ3v) is 3.82. The average molecular weight is 243 g/mol. The van der Waals surface area contributed by atoms with Gasteiger partial charge >= 0.3 is 0 Å².